The number of halogens is 3. The molecule has 0 saturated carbocycles. The molecule has 0 saturated heterocycles. The van der Waals surface area contributed by atoms with Gasteiger partial charge in [0, 0.05) is 19.6 Å². The van der Waals surface area contributed by atoms with Gasteiger partial charge in [0.05, 0.1) is 16.9 Å². The number of nitrogens with one attached hydrogen (secondary N) is 1. The highest BCUT2D eigenvalue weighted by Gasteiger charge is 2.30. The van der Waals surface area contributed by atoms with Crippen LogP contribution in [0, 0.1) is 0 Å². The van der Waals surface area contributed by atoms with Crippen molar-refractivity contribution >= 4 is 17.3 Å². The zero-order chi connectivity index (χ0) is 15.9. The van der Waals surface area contributed by atoms with E-state index >= 15 is 0 Å². The Morgan fingerprint density at radius 1 is 1.33 bits per heavy atom. The number of nitrogens with two attached hydrogens (primary N) is 1. The van der Waals surface area contributed by atoms with Crippen molar-refractivity contribution in [3.05, 3.63) is 23.8 Å². The number of nitrogen functional groups attached to an aromatic ring is 1. The predicted molar refractivity (Wildman–Crippen MR) is 74.8 cm³/mol. The lowest BCUT2D eigenvalue weighted by atomic mass is 10.1. The third-order valence-electron chi connectivity index (χ3n) is 2.69. The van der Waals surface area contributed by atoms with Crippen LogP contribution in [0.4, 0.5) is 24.5 Å². The molecular formula is C14H19F3N2O2. The van der Waals surface area contributed by atoms with Gasteiger partial charge in [-0.25, -0.2) is 0 Å². The molecule has 4 nitrogen and oxygen atoms in total. The molecule has 7 heteroatoms. The first-order chi connectivity index (χ1) is 9.84. The highest BCUT2D eigenvalue weighted by atomic mass is 19.4. The molecule has 1 rings (SSSR count). The van der Waals surface area contributed by atoms with Crippen molar-refractivity contribution in [2.24, 2.45) is 0 Å². The lowest BCUT2D eigenvalue weighted by molar-refractivity contribution is -0.137. The molecular weight excluding hydrogens is 285 g/mol. The number of hydrogen-bond donors (Lipinski definition) is 2. The van der Waals surface area contributed by atoms with Gasteiger partial charge in [0.1, 0.15) is 0 Å². The van der Waals surface area contributed by atoms with Gasteiger partial charge in [-0.2, -0.15) is 13.2 Å². The average Bonchev–Trinajstić information content (AvgIpc) is 2.39. The SMILES string of the molecule is CCCOCCCC(=O)Nc1ccc(C(F)(F)F)cc1N. The van der Waals surface area contributed by atoms with Gasteiger partial charge in [-0.05, 0) is 31.0 Å². The summed E-state index contributed by atoms with van der Waals surface area (Å²) in [6.07, 6.45) is -2.77. The summed E-state index contributed by atoms with van der Waals surface area (Å²) in [7, 11) is 0. The first-order valence-electron chi connectivity index (χ1n) is 6.69. The molecule has 0 fully saturated rings. The predicted octanol–water partition coefficient (Wildman–Crippen LogP) is 3.43. The largest absolute Gasteiger partial charge is 0.416 e. The van der Waals surface area contributed by atoms with Crippen LogP contribution in [0.5, 0.6) is 0 Å². The molecule has 21 heavy (non-hydrogen) atoms. The quantitative estimate of drug-likeness (QED) is 0.599. The summed E-state index contributed by atoms with van der Waals surface area (Å²) in [5.74, 6) is -0.304. The first kappa shape index (κ1) is 17.3. The van der Waals surface area contributed by atoms with Crippen LogP contribution in [0.25, 0.3) is 0 Å². The van der Waals surface area contributed by atoms with Gasteiger partial charge < -0.3 is 15.8 Å². The van der Waals surface area contributed by atoms with E-state index in [2.05, 4.69) is 5.32 Å². The lowest BCUT2D eigenvalue weighted by Gasteiger charge is -2.12. The molecule has 1 amide bonds. The minimum atomic E-state index is -4.45. The summed E-state index contributed by atoms with van der Waals surface area (Å²) in [4.78, 5) is 11.6. The number of anilines is 2. The van der Waals surface area contributed by atoms with Gasteiger partial charge in [0.15, 0.2) is 0 Å². The van der Waals surface area contributed by atoms with Gasteiger partial charge in [-0.15, -0.1) is 0 Å². The highest BCUT2D eigenvalue weighted by Crippen LogP contribution is 2.32. The summed E-state index contributed by atoms with van der Waals surface area (Å²) >= 11 is 0. The topological polar surface area (TPSA) is 64.3 Å². The lowest BCUT2D eigenvalue weighted by Crippen LogP contribution is -2.14. The zero-order valence-corrected chi connectivity index (χ0v) is 11.8. The molecule has 1 aromatic carbocycles. The summed E-state index contributed by atoms with van der Waals surface area (Å²) in [6, 6.07) is 2.85. The standard InChI is InChI=1S/C14H19F3N2O2/c1-2-7-21-8-3-4-13(20)19-12-6-5-10(9-11(12)18)14(15,16)17/h5-6,9H,2-4,7-8,18H2,1H3,(H,19,20). The summed E-state index contributed by atoms with van der Waals surface area (Å²) in [5, 5.41) is 2.49. The van der Waals surface area contributed by atoms with Crippen LogP contribution >= 0.6 is 0 Å². The highest BCUT2D eigenvalue weighted by molar-refractivity contribution is 5.93. The van der Waals surface area contributed by atoms with E-state index in [0.29, 0.717) is 19.6 Å². The van der Waals surface area contributed by atoms with Crippen molar-refractivity contribution in [1.29, 1.82) is 0 Å². The van der Waals surface area contributed by atoms with E-state index in [1.165, 1.54) is 0 Å². The first-order valence-corrected chi connectivity index (χ1v) is 6.69. The van der Waals surface area contributed by atoms with Gasteiger partial charge in [0.2, 0.25) is 5.91 Å². The number of carbonyl (C=O) groups is 1. The number of alkyl halides is 3. The molecule has 0 unspecified atom stereocenters. The fourth-order valence-electron chi connectivity index (χ4n) is 1.65. The molecule has 0 atom stereocenters. The second-order valence-electron chi connectivity index (χ2n) is 4.56. The Morgan fingerprint density at radius 2 is 2.05 bits per heavy atom. The van der Waals surface area contributed by atoms with Crippen LogP contribution in [0.2, 0.25) is 0 Å². The maximum Gasteiger partial charge on any atom is 0.416 e. The Labute approximate surface area is 121 Å². The van der Waals surface area contributed by atoms with Crippen LogP contribution < -0.4 is 11.1 Å². The van der Waals surface area contributed by atoms with Crippen molar-refractivity contribution < 1.29 is 22.7 Å². The molecule has 1 aromatic rings. The third kappa shape index (κ3) is 6.03. The number of amides is 1. The van der Waals surface area contributed by atoms with E-state index in [-0.39, 0.29) is 23.7 Å². The fourth-order valence-corrected chi connectivity index (χ4v) is 1.65. The van der Waals surface area contributed by atoms with Crippen LogP contribution in [-0.4, -0.2) is 19.1 Å². The number of carbonyl (C=O) groups excluding carboxylic acids is 1. The molecule has 0 heterocycles. The number of rotatable bonds is 7. The number of ether oxygens (including phenoxy) is 1. The Morgan fingerprint density at radius 3 is 2.62 bits per heavy atom. The number of hydrogen-bond acceptors (Lipinski definition) is 3. The van der Waals surface area contributed by atoms with Crippen molar-refractivity contribution in [3.8, 4) is 0 Å². The molecule has 0 aliphatic carbocycles. The molecule has 0 aliphatic rings. The van der Waals surface area contributed by atoms with Crippen LogP contribution in [0.1, 0.15) is 31.7 Å². The van der Waals surface area contributed by atoms with Gasteiger partial charge in [-0.1, -0.05) is 6.92 Å². The van der Waals surface area contributed by atoms with E-state index in [1.807, 2.05) is 6.92 Å². The van der Waals surface area contributed by atoms with Crippen molar-refractivity contribution in [1.82, 2.24) is 0 Å². The second kappa shape index (κ2) is 7.87. The molecule has 118 valence electrons. The minimum Gasteiger partial charge on any atom is -0.397 e. The maximum atomic E-state index is 12.5. The Balaban J connectivity index is 2.49. The van der Waals surface area contributed by atoms with E-state index in [1.54, 1.807) is 0 Å². The molecule has 0 aliphatic heterocycles. The smallest absolute Gasteiger partial charge is 0.397 e. The Kier molecular flexibility index (Phi) is 6.48. The van der Waals surface area contributed by atoms with Crippen molar-refractivity contribution in [3.63, 3.8) is 0 Å². The fraction of sp³-hybridized carbons (Fsp3) is 0.500. The van der Waals surface area contributed by atoms with Crippen LogP contribution in [0.15, 0.2) is 18.2 Å². The molecule has 0 aromatic heterocycles. The second-order valence-corrected chi connectivity index (χ2v) is 4.56. The molecule has 0 spiro atoms. The van der Waals surface area contributed by atoms with Gasteiger partial charge in [0.25, 0.3) is 0 Å². The van der Waals surface area contributed by atoms with Gasteiger partial charge in [-0.3, -0.25) is 4.79 Å². The Hall–Kier alpha value is -1.76. The zero-order valence-electron chi connectivity index (χ0n) is 11.8. The van der Waals surface area contributed by atoms with E-state index in [0.717, 1.165) is 24.6 Å². The van der Waals surface area contributed by atoms with E-state index < -0.39 is 11.7 Å². The van der Waals surface area contributed by atoms with E-state index in [9.17, 15) is 18.0 Å². The minimum absolute atomic E-state index is 0.111. The van der Waals surface area contributed by atoms with Crippen molar-refractivity contribution in [2.45, 2.75) is 32.4 Å². The maximum absolute atomic E-state index is 12.5. The average molecular weight is 304 g/mol. The van der Waals surface area contributed by atoms with Crippen LogP contribution in [0.3, 0.4) is 0 Å². The van der Waals surface area contributed by atoms with E-state index in [4.69, 9.17) is 10.5 Å². The third-order valence-corrected chi connectivity index (χ3v) is 2.69. The normalized spacial score (nSPS) is 11.4. The monoisotopic (exact) mass is 304 g/mol. The molecule has 0 bridgehead atoms. The Bertz CT molecular complexity index is 476. The summed E-state index contributed by atoms with van der Waals surface area (Å²) in [6.45, 7) is 3.11. The summed E-state index contributed by atoms with van der Waals surface area (Å²) < 4.78 is 42.7. The number of benzene rings is 1. The van der Waals surface area contributed by atoms with Crippen molar-refractivity contribution in [2.75, 3.05) is 24.3 Å². The van der Waals surface area contributed by atoms with Gasteiger partial charge >= 0.3 is 6.18 Å². The summed E-state index contributed by atoms with van der Waals surface area (Å²) in [5.41, 5.74) is 4.75. The van der Waals surface area contributed by atoms with Crippen LogP contribution in [-0.2, 0) is 15.7 Å². The molecule has 3 N–H and O–H groups in total. The molecule has 0 radical (unpaired) electrons.